The van der Waals surface area contributed by atoms with E-state index in [9.17, 15) is 17.9 Å². The Morgan fingerprint density at radius 3 is 2.53 bits per heavy atom. The number of aliphatic hydroxyl groups is 1. The van der Waals surface area contributed by atoms with Gasteiger partial charge in [0.05, 0.1) is 29.1 Å². The van der Waals surface area contributed by atoms with Gasteiger partial charge >= 0.3 is 0 Å². The number of hydrogen-bond donors (Lipinski definition) is 1. The highest BCUT2D eigenvalue weighted by atomic mass is 32.2. The van der Waals surface area contributed by atoms with Gasteiger partial charge in [0.2, 0.25) is 10.0 Å². The molecule has 2 aliphatic rings. The molecule has 32 heavy (non-hydrogen) atoms. The number of sulfonamides is 1. The standard InChI is InChI=1S/C24H24FN3O3S/c1-17-2-8-22(9-3-17)32(30,31)27-11-10-19-12-23-18(13-24(19,15-27)16-29)14-26-28(23)21-6-4-20(25)5-7-21/h2-9,12,14,29H,10-11,13,15-16H2,1H3. The molecule has 0 saturated carbocycles. The number of benzene rings is 2. The van der Waals surface area contributed by atoms with E-state index < -0.39 is 15.4 Å². The third kappa shape index (κ3) is 3.39. The predicted octanol–water partition coefficient (Wildman–Crippen LogP) is 3.33. The topological polar surface area (TPSA) is 75.4 Å². The number of fused-ring (bicyclic) bond motifs is 2. The fourth-order valence-corrected chi connectivity index (χ4v) is 6.22. The lowest BCUT2D eigenvalue weighted by Gasteiger charge is -2.45. The molecule has 2 heterocycles. The third-order valence-electron chi connectivity index (χ3n) is 6.55. The van der Waals surface area contributed by atoms with Crippen LogP contribution in [0.3, 0.4) is 0 Å². The molecule has 0 spiro atoms. The Labute approximate surface area is 186 Å². The fourth-order valence-electron chi connectivity index (χ4n) is 4.69. The zero-order valence-corrected chi connectivity index (χ0v) is 18.5. The maximum Gasteiger partial charge on any atom is 0.243 e. The molecule has 0 bridgehead atoms. The second kappa shape index (κ2) is 7.65. The van der Waals surface area contributed by atoms with Crippen LogP contribution in [0.15, 0.2) is 65.2 Å². The van der Waals surface area contributed by atoms with E-state index >= 15 is 0 Å². The second-order valence-electron chi connectivity index (χ2n) is 8.63. The summed E-state index contributed by atoms with van der Waals surface area (Å²) in [6.45, 7) is 2.33. The van der Waals surface area contributed by atoms with E-state index in [1.807, 2.05) is 13.0 Å². The van der Waals surface area contributed by atoms with E-state index in [1.54, 1.807) is 47.3 Å². The Kier molecular flexibility index (Phi) is 5.03. The van der Waals surface area contributed by atoms with Crippen molar-refractivity contribution in [3.05, 3.63) is 82.9 Å². The Morgan fingerprint density at radius 1 is 1.12 bits per heavy atom. The summed E-state index contributed by atoms with van der Waals surface area (Å²) in [6, 6.07) is 13.0. The largest absolute Gasteiger partial charge is 0.395 e. The van der Waals surface area contributed by atoms with Crippen LogP contribution in [-0.2, 0) is 16.4 Å². The van der Waals surface area contributed by atoms with Crippen molar-refractivity contribution in [2.75, 3.05) is 19.7 Å². The molecule has 1 unspecified atom stereocenters. The average Bonchev–Trinajstić information content (AvgIpc) is 3.20. The van der Waals surface area contributed by atoms with Crippen molar-refractivity contribution in [3.63, 3.8) is 0 Å². The monoisotopic (exact) mass is 453 g/mol. The van der Waals surface area contributed by atoms with Gasteiger partial charge in [-0.2, -0.15) is 9.40 Å². The van der Waals surface area contributed by atoms with Crippen molar-refractivity contribution in [3.8, 4) is 5.69 Å². The first-order chi connectivity index (χ1) is 15.3. The van der Waals surface area contributed by atoms with Crippen molar-refractivity contribution in [2.45, 2.75) is 24.7 Å². The number of aryl methyl sites for hydroxylation is 1. The summed E-state index contributed by atoms with van der Waals surface area (Å²) in [6.07, 6.45) is 4.78. The molecule has 6 nitrogen and oxygen atoms in total. The number of aliphatic hydroxyl groups excluding tert-OH is 1. The maximum atomic E-state index is 13.3. The van der Waals surface area contributed by atoms with Gasteiger partial charge in [0, 0.05) is 18.5 Å². The van der Waals surface area contributed by atoms with Gasteiger partial charge in [-0.3, -0.25) is 0 Å². The number of piperidine rings is 1. The first-order valence-corrected chi connectivity index (χ1v) is 12.0. The Hall–Kier alpha value is -2.81. The van der Waals surface area contributed by atoms with Crippen LogP contribution in [0.2, 0.25) is 0 Å². The minimum absolute atomic E-state index is 0.153. The summed E-state index contributed by atoms with van der Waals surface area (Å²) in [5.41, 5.74) is 3.91. The van der Waals surface area contributed by atoms with Crippen LogP contribution in [0.4, 0.5) is 4.39 Å². The molecule has 3 aromatic rings. The minimum atomic E-state index is -3.66. The molecule has 2 aromatic carbocycles. The molecule has 0 amide bonds. The van der Waals surface area contributed by atoms with Crippen molar-refractivity contribution < 1.29 is 17.9 Å². The van der Waals surface area contributed by atoms with Gasteiger partial charge in [0.25, 0.3) is 0 Å². The summed E-state index contributed by atoms with van der Waals surface area (Å²) in [7, 11) is -3.66. The van der Waals surface area contributed by atoms with Gasteiger partial charge in [-0.1, -0.05) is 23.3 Å². The van der Waals surface area contributed by atoms with Crippen LogP contribution in [0.25, 0.3) is 11.8 Å². The molecule has 1 saturated heterocycles. The van der Waals surface area contributed by atoms with Crippen molar-refractivity contribution in [1.82, 2.24) is 14.1 Å². The predicted molar refractivity (Wildman–Crippen MR) is 119 cm³/mol. The van der Waals surface area contributed by atoms with Crippen LogP contribution < -0.4 is 0 Å². The summed E-state index contributed by atoms with van der Waals surface area (Å²) in [5, 5.41) is 14.9. The molecular formula is C24H24FN3O3S. The molecule has 1 aliphatic heterocycles. The molecule has 166 valence electrons. The van der Waals surface area contributed by atoms with Gasteiger partial charge < -0.3 is 5.11 Å². The van der Waals surface area contributed by atoms with E-state index in [1.165, 1.54) is 16.4 Å². The number of rotatable bonds is 4. The van der Waals surface area contributed by atoms with Crippen LogP contribution in [-0.4, -0.2) is 47.3 Å². The summed E-state index contributed by atoms with van der Waals surface area (Å²) >= 11 is 0. The second-order valence-corrected chi connectivity index (χ2v) is 10.6. The van der Waals surface area contributed by atoms with Gasteiger partial charge in [-0.15, -0.1) is 0 Å². The molecule has 0 radical (unpaired) electrons. The minimum Gasteiger partial charge on any atom is -0.395 e. The summed E-state index contributed by atoms with van der Waals surface area (Å²) in [5.74, 6) is -0.311. The summed E-state index contributed by atoms with van der Waals surface area (Å²) in [4.78, 5) is 0.268. The highest BCUT2D eigenvalue weighted by Crippen LogP contribution is 2.45. The molecule has 1 aliphatic carbocycles. The normalized spacial score (nSPS) is 21.0. The number of aromatic nitrogens is 2. The zero-order valence-electron chi connectivity index (χ0n) is 17.7. The van der Waals surface area contributed by atoms with E-state index in [-0.39, 0.29) is 23.9 Å². The zero-order chi connectivity index (χ0) is 22.5. The van der Waals surface area contributed by atoms with Crippen molar-refractivity contribution in [2.24, 2.45) is 5.41 Å². The van der Waals surface area contributed by atoms with Gasteiger partial charge in [-0.25, -0.2) is 17.5 Å². The van der Waals surface area contributed by atoms with E-state index in [0.717, 1.165) is 28.1 Å². The lowest BCUT2D eigenvalue weighted by Crippen LogP contribution is -2.51. The number of halogens is 1. The van der Waals surface area contributed by atoms with Crippen molar-refractivity contribution in [1.29, 1.82) is 0 Å². The molecule has 8 heteroatoms. The highest BCUT2D eigenvalue weighted by Gasteiger charge is 2.45. The first-order valence-electron chi connectivity index (χ1n) is 10.5. The third-order valence-corrected chi connectivity index (χ3v) is 8.41. The molecule has 1 N–H and O–H groups in total. The van der Waals surface area contributed by atoms with E-state index in [4.69, 9.17) is 0 Å². The number of nitrogens with zero attached hydrogens (tertiary/aromatic N) is 3. The van der Waals surface area contributed by atoms with Crippen LogP contribution in [0, 0.1) is 18.2 Å². The first kappa shape index (κ1) is 21.1. The fraction of sp³-hybridized carbons (Fsp3) is 0.292. The SMILES string of the molecule is Cc1ccc(S(=O)(=O)N2CCC3=Cc4c(cnn4-c4ccc(F)cc4)CC3(CO)C2)cc1. The number of hydrogen-bond acceptors (Lipinski definition) is 4. The lowest BCUT2D eigenvalue weighted by atomic mass is 9.69. The van der Waals surface area contributed by atoms with E-state index in [0.29, 0.717) is 19.4 Å². The van der Waals surface area contributed by atoms with Crippen LogP contribution in [0.5, 0.6) is 0 Å². The lowest BCUT2D eigenvalue weighted by molar-refractivity contribution is 0.111. The molecular weight excluding hydrogens is 429 g/mol. The average molecular weight is 454 g/mol. The highest BCUT2D eigenvalue weighted by molar-refractivity contribution is 7.89. The molecule has 5 rings (SSSR count). The van der Waals surface area contributed by atoms with Gasteiger partial charge in [0.1, 0.15) is 5.82 Å². The Morgan fingerprint density at radius 2 is 1.84 bits per heavy atom. The molecule has 1 fully saturated rings. The molecule has 1 aromatic heterocycles. The van der Waals surface area contributed by atoms with Gasteiger partial charge in [0.15, 0.2) is 0 Å². The smallest absolute Gasteiger partial charge is 0.243 e. The van der Waals surface area contributed by atoms with E-state index in [2.05, 4.69) is 5.10 Å². The Balaban J connectivity index is 1.49. The van der Waals surface area contributed by atoms with Crippen LogP contribution in [0.1, 0.15) is 23.2 Å². The molecule has 1 atom stereocenters. The van der Waals surface area contributed by atoms with Crippen molar-refractivity contribution >= 4 is 16.1 Å². The van der Waals surface area contributed by atoms with Gasteiger partial charge in [-0.05, 0) is 67.8 Å². The maximum absolute atomic E-state index is 13.3. The quantitative estimate of drug-likeness (QED) is 0.658. The Bertz CT molecular complexity index is 1300. The van der Waals surface area contributed by atoms with Crippen LogP contribution >= 0.6 is 0 Å². The summed E-state index contributed by atoms with van der Waals surface area (Å²) < 4.78 is 43.1.